The smallest absolute Gasteiger partial charge is 0.218 e. The van der Waals surface area contributed by atoms with Crippen LogP contribution in [0.4, 0.5) is 0 Å². The van der Waals surface area contributed by atoms with E-state index < -0.39 is 0 Å². The van der Waals surface area contributed by atoms with Crippen molar-refractivity contribution in [1.82, 2.24) is 15.6 Å². The average Bonchev–Trinajstić information content (AvgIpc) is 3.14. The van der Waals surface area contributed by atoms with Crippen molar-refractivity contribution < 1.29 is 9.47 Å². The third-order valence-electron chi connectivity index (χ3n) is 4.31. The zero-order chi connectivity index (χ0) is 18.6. The van der Waals surface area contributed by atoms with Crippen LogP contribution in [0, 0.1) is 5.92 Å². The summed E-state index contributed by atoms with van der Waals surface area (Å²) in [5, 5.41) is 6.66. The van der Waals surface area contributed by atoms with E-state index in [1.54, 1.807) is 13.2 Å². The van der Waals surface area contributed by atoms with Gasteiger partial charge in [0.25, 0.3) is 0 Å². The lowest BCUT2D eigenvalue weighted by molar-refractivity contribution is 0.108. The number of nitrogens with zero attached hydrogens (tertiary/aromatic N) is 2. The van der Waals surface area contributed by atoms with Crippen LogP contribution >= 0.6 is 0 Å². The molecule has 0 saturated heterocycles. The van der Waals surface area contributed by atoms with Gasteiger partial charge in [0.2, 0.25) is 5.88 Å². The molecule has 1 aliphatic carbocycles. The summed E-state index contributed by atoms with van der Waals surface area (Å²) in [4.78, 5) is 8.69. The van der Waals surface area contributed by atoms with Gasteiger partial charge in [0.1, 0.15) is 6.10 Å². The maximum atomic E-state index is 6.09. The van der Waals surface area contributed by atoms with Crippen molar-refractivity contribution in [1.29, 1.82) is 0 Å². The lowest BCUT2D eigenvalue weighted by Crippen LogP contribution is -2.37. The van der Waals surface area contributed by atoms with E-state index in [-0.39, 0.29) is 0 Å². The zero-order valence-electron chi connectivity index (χ0n) is 16.5. The van der Waals surface area contributed by atoms with Crippen LogP contribution in [0.5, 0.6) is 5.88 Å². The van der Waals surface area contributed by atoms with Crippen LogP contribution in [0.15, 0.2) is 23.3 Å². The highest BCUT2D eigenvalue weighted by atomic mass is 16.5. The normalized spacial score (nSPS) is 15.5. The minimum Gasteiger partial charge on any atom is -0.474 e. The molecule has 26 heavy (non-hydrogen) atoms. The number of nitrogens with one attached hydrogen (secondary N) is 2. The lowest BCUT2D eigenvalue weighted by Gasteiger charge is -2.17. The van der Waals surface area contributed by atoms with E-state index in [2.05, 4.69) is 40.5 Å². The first-order valence-electron chi connectivity index (χ1n) is 9.82. The van der Waals surface area contributed by atoms with Crippen LogP contribution in [0.25, 0.3) is 0 Å². The molecule has 0 radical (unpaired) electrons. The Bertz CT molecular complexity index is 542. The number of aromatic nitrogens is 1. The molecule has 1 heterocycles. The standard InChI is InChI=1S/C20H34N4O2/c1-16(2)15-25-13-7-12-23-20(21-3)24-14-17-8-6-11-22-19(17)26-18-9-4-5-10-18/h6,8,11,16,18H,4-5,7,9-10,12-15H2,1-3H3,(H2,21,23,24). The summed E-state index contributed by atoms with van der Waals surface area (Å²) in [6.07, 6.45) is 7.82. The highest BCUT2D eigenvalue weighted by Crippen LogP contribution is 2.24. The predicted octanol–water partition coefficient (Wildman–Crippen LogP) is 3.13. The molecule has 0 amide bonds. The second-order valence-corrected chi connectivity index (χ2v) is 7.17. The number of pyridine rings is 1. The van der Waals surface area contributed by atoms with Crippen molar-refractivity contribution in [2.45, 2.75) is 58.6 Å². The highest BCUT2D eigenvalue weighted by molar-refractivity contribution is 5.79. The first kappa shape index (κ1) is 20.5. The van der Waals surface area contributed by atoms with Crippen molar-refractivity contribution in [3.8, 4) is 5.88 Å². The molecule has 0 atom stereocenters. The van der Waals surface area contributed by atoms with Gasteiger partial charge in [-0.05, 0) is 44.1 Å². The van der Waals surface area contributed by atoms with Crippen molar-refractivity contribution in [3.63, 3.8) is 0 Å². The van der Waals surface area contributed by atoms with Crippen LogP contribution in [-0.2, 0) is 11.3 Å². The Hall–Kier alpha value is -1.82. The van der Waals surface area contributed by atoms with Crippen molar-refractivity contribution in [2.24, 2.45) is 10.9 Å². The minimum absolute atomic E-state index is 0.312. The largest absolute Gasteiger partial charge is 0.474 e. The van der Waals surface area contributed by atoms with Crippen LogP contribution < -0.4 is 15.4 Å². The molecular formula is C20H34N4O2. The monoisotopic (exact) mass is 362 g/mol. The molecule has 0 bridgehead atoms. The van der Waals surface area contributed by atoms with Crippen LogP contribution in [-0.4, -0.2) is 43.9 Å². The summed E-state index contributed by atoms with van der Waals surface area (Å²) >= 11 is 0. The Labute approximate surface area is 157 Å². The summed E-state index contributed by atoms with van der Waals surface area (Å²) in [7, 11) is 1.78. The van der Waals surface area contributed by atoms with E-state index >= 15 is 0 Å². The summed E-state index contributed by atoms with van der Waals surface area (Å²) in [6.45, 7) is 7.37. The maximum Gasteiger partial charge on any atom is 0.218 e. The Morgan fingerprint density at radius 1 is 1.31 bits per heavy atom. The molecule has 146 valence electrons. The van der Waals surface area contributed by atoms with Gasteiger partial charge in [-0.1, -0.05) is 19.9 Å². The van der Waals surface area contributed by atoms with Gasteiger partial charge in [-0.15, -0.1) is 0 Å². The number of guanidine groups is 1. The van der Waals surface area contributed by atoms with Crippen molar-refractivity contribution in [3.05, 3.63) is 23.9 Å². The molecule has 1 fully saturated rings. The molecular weight excluding hydrogens is 328 g/mol. The van der Waals surface area contributed by atoms with Gasteiger partial charge >= 0.3 is 0 Å². The molecule has 6 heteroatoms. The second-order valence-electron chi connectivity index (χ2n) is 7.17. The Morgan fingerprint density at radius 2 is 2.12 bits per heavy atom. The first-order chi connectivity index (χ1) is 12.7. The molecule has 1 saturated carbocycles. The van der Waals surface area contributed by atoms with E-state index in [1.807, 2.05) is 6.07 Å². The fraction of sp³-hybridized carbons (Fsp3) is 0.700. The fourth-order valence-electron chi connectivity index (χ4n) is 2.93. The molecule has 0 aromatic carbocycles. The van der Waals surface area contributed by atoms with Crippen molar-refractivity contribution >= 4 is 5.96 Å². The van der Waals surface area contributed by atoms with Gasteiger partial charge in [-0.2, -0.15) is 0 Å². The second kappa shape index (κ2) is 11.7. The van der Waals surface area contributed by atoms with E-state index in [0.29, 0.717) is 18.6 Å². The summed E-state index contributed by atoms with van der Waals surface area (Å²) < 4.78 is 11.7. The fourth-order valence-corrected chi connectivity index (χ4v) is 2.93. The maximum absolute atomic E-state index is 6.09. The molecule has 6 nitrogen and oxygen atoms in total. The molecule has 2 N–H and O–H groups in total. The molecule has 2 rings (SSSR count). The van der Waals surface area contributed by atoms with E-state index in [9.17, 15) is 0 Å². The van der Waals surface area contributed by atoms with Crippen LogP contribution in [0.2, 0.25) is 0 Å². The lowest BCUT2D eigenvalue weighted by atomic mass is 10.2. The predicted molar refractivity (Wildman–Crippen MR) is 106 cm³/mol. The third-order valence-corrected chi connectivity index (χ3v) is 4.31. The minimum atomic E-state index is 0.312. The van der Waals surface area contributed by atoms with E-state index in [1.165, 1.54) is 12.8 Å². The average molecular weight is 363 g/mol. The molecule has 1 aromatic rings. The Kier molecular flexibility index (Phi) is 9.24. The molecule has 0 unspecified atom stereocenters. The van der Waals surface area contributed by atoms with Crippen LogP contribution in [0.3, 0.4) is 0 Å². The molecule has 1 aliphatic rings. The quantitative estimate of drug-likeness (QED) is 0.380. The van der Waals surface area contributed by atoms with Crippen molar-refractivity contribution in [2.75, 3.05) is 26.8 Å². The number of ether oxygens (including phenoxy) is 2. The van der Waals surface area contributed by atoms with Gasteiger partial charge in [-0.25, -0.2) is 4.98 Å². The topological polar surface area (TPSA) is 67.8 Å². The van der Waals surface area contributed by atoms with E-state index in [4.69, 9.17) is 9.47 Å². The Balaban J connectivity index is 1.72. The SMILES string of the molecule is CN=C(NCCCOCC(C)C)NCc1cccnc1OC1CCCC1. The van der Waals surface area contributed by atoms with Gasteiger partial charge in [0.15, 0.2) is 5.96 Å². The van der Waals surface area contributed by atoms with Gasteiger partial charge in [-0.3, -0.25) is 4.99 Å². The number of rotatable bonds is 10. The molecule has 0 spiro atoms. The number of hydrogen-bond acceptors (Lipinski definition) is 4. The van der Waals surface area contributed by atoms with Crippen LogP contribution in [0.1, 0.15) is 51.5 Å². The summed E-state index contributed by atoms with van der Waals surface area (Å²) in [6, 6.07) is 4.00. The summed E-state index contributed by atoms with van der Waals surface area (Å²) in [5.41, 5.74) is 1.06. The first-order valence-corrected chi connectivity index (χ1v) is 9.82. The number of hydrogen-bond donors (Lipinski definition) is 2. The van der Waals surface area contributed by atoms with E-state index in [0.717, 1.165) is 56.4 Å². The van der Waals surface area contributed by atoms with Gasteiger partial charge in [0, 0.05) is 45.1 Å². The third kappa shape index (κ3) is 7.60. The summed E-state index contributed by atoms with van der Waals surface area (Å²) in [5.74, 6) is 2.10. The zero-order valence-corrected chi connectivity index (χ0v) is 16.5. The number of aliphatic imine (C=N–C) groups is 1. The molecule has 0 aliphatic heterocycles. The molecule has 1 aromatic heterocycles. The van der Waals surface area contributed by atoms with Gasteiger partial charge in [0.05, 0.1) is 0 Å². The highest BCUT2D eigenvalue weighted by Gasteiger charge is 2.18. The van der Waals surface area contributed by atoms with Gasteiger partial charge < -0.3 is 20.1 Å². The Morgan fingerprint density at radius 3 is 2.85 bits per heavy atom.